The van der Waals surface area contributed by atoms with Crippen LogP contribution in [0.25, 0.3) is 0 Å². The van der Waals surface area contributed by atoms with E-state index in [1.165, 1.54) is 4.90 Å². The number of guanidine groups is 1. The molecule has 0 fully saturated rings. The molecule has 0 aliphatic carbocycles. The number of carbonyl (C=O) groups is 1. The zero-order valence-electron chi connectivity index (χ0n) is 14.3. The van der Waals surface area contributed by atoms with Crippen LogP contribution in [0.2, 0.25) is 0 Å². The van der Waals surface area contributed by atoms with E-state index in [1.54, 1.807) is 21.2 Å². The molecule has 1 atom stereocenters. The highest BCUT2D eigenvalue weighted by atomic mass is 127. The quantitative estimate of drug-likeness (QED) is 0.231. The Labute approximate surface area is 151 Å². The van der Waals surface area contributed by atoms with Gasteiger partial charge in [-0.2, -0.15) is 0 Å². The highest BCUT2D eigenvalue weighted by Crippen LogP contribution is 1.87. The van der Waals surface area contributed by atoms with E-state index >= 15 is 0 Å². The Kier molecular flexibility index (Phi) is 16.4. The van der Waals surface area contributed by atoms with Gasteiger partial charge >= 0.3 is 0 Å². The first-order valence-corrected chi connectivity index (χ1v) is 7.32. The molecule has 0 heterocycles. The van der Waals surface area contributed by atoms with E-state index in [0.29, 0.717) is 19.2 Å². The van der Waals surface area contributed by atoms with Crippen LogP contribution in [0.4, 0.5) is 0 Å². The van der Waals surface area contributed by atoms with Crippen LogP contribution in [-0.4, -0.2) is 76.9 Å². The van der Waals surface area contributed by atoms with Gasteiger partial charge in [-0.15, -0.1) is 24.0 Å². The maximum atomic E-state index is 11.6. The van der Waals surface area contributed by atoms with Crippen molar-refractivity contribution < 1.29 is 14.3 Å². The number of hydrogen-bond donors (Lipinski definition) is 2. The molecule has 0 saturated heterocycles. The van der Waals surface area contributed by atoms with E-state index in [0.717, 1.165) is 19.6 Å². The van der Waals surface area contributed by atoms with Crippen molar-refractivity contribution >= 4 is 35.8 Å². The maximum absolute atomic E-state index is 11.6. The SMILES string of the molecule is CCOCCCNC(=NCC(=O)N(C)C)NC(C)COC.I. The van der Waals surface area contributed by atoms with Crippen molar-refractivity contribution in [3.8, 4) is 0 Å². The van der Waals surface area contributed by atoms with Gasteiger partial charge in [0.05, 0.1) is 6.61 Å². The predicted octanol–water partition coefficient (Wildman–Crippen LogP) is 0.689. The summed E-state index contributed by atoms with van der Waals surface area (Å²) in [6.45, 7) is 6.83. The predicted molar refractivity (Wildman–Crippen MR) is 100.0 cm³/mol. The Balaban J connectivity index is 0. The number of ether oxygens (including phenoxy) is 2. The minimum atomic E-state index is -0.0372. The second kappa shape index (κ2) is 15.3. The van der Waals surface area contributed by atoms with Gasteiger partial charge in [0.15, 0.2) is 5.96 Å². The molecular formula is C14H31IN4O3. The number of halogens is 1. The lowest BCUT2D eigenvalue weighted by molar-refractivity contribution is -0.127. The van der Waals surface area contributed by atoms with Gasteiger partial charge in [0.2, 0.25) is 5.91 Å². The van der Waals surface area contributed by atoms with E-state index < -0.39 is 0 Å². The number of nitrogens with zero attached hydrogens (tertiary/aromatic N) is 2. The molecule has 0 aliphatic heterocycles. The minimum absolute atomic E-state index is 0. The third-order valence-corrected chi connectivity index (χ3v) is 2.63. The molecule has 0 spiro atoms. The van der Waals surface area contributed by atoms with Crippen LogP contribution in [-0.2, 0) is 14.3 Å². The topological polar surface area (TPSA) is 75.2 Å². The van der Waals surface area contributed by atoms with Crippen LogP contribution in [0.5, 0.6) is 0 Å². The summed E-state index contributed by atoms with van der Waals surface area (Å²) in [5, 5.41) is 6.40. The highest BCUT2D eigenvalue weighted by Gasteiger charge is 2.07. The van der Waals surface area contributed by atoms with Crippen molar-refractivity contribution in [2.24, 2.45) is 4.99 Å². The van der Waals surface area contributed by atoms with Crippen LogP contribution in [0.15, 0.2) is 4.99 Å². The molecular weight excluding hydrogens is 399 g/mol. The van der Waals surface area contributed by atoms with Crippen molar-refractivity contribution in [1.82, 2.24) is 15.5 Å². The summed E-state index contributed by atoms with van der Waals surface area (Å²) >= 11 is 0. The van der Waals surface area contributed by atoms with Gasteiger partial charge < -0.3 is 25.0 Å². The second-order valence-electron chi connectivity index (χ2n) is 4.93. The van der Waals surface area contributed by atoms with Crippen molar-refractivity contribution in [2.45, 2.75) is 26.3 Å². The normalized spacial score (nSPS) is 12.3. The first-order valence-electron chi connectivity index (χ1n) is 7.32. The van der Waals surface area contributed by atoms with Gasteiger partial charge in [-0.1, -0.05) is 0 Å². The maximum Gasteiger partial charge on any atom is 0.243 e. The van der Waals surface area contributed by atoms with Crippen molar-refractivity contribution in [1.29, 1.82) is 0 Å². The van der Waals surface area contributed by atoms with Gasteiger partial charge in [0, 0.05) is 47.0 Å². The number of rotatable bonds is 10. The number of carbonyl (C=O) groups excluding carboxylic acids is 1. The Morgan fingerprint density at radius 3 is 2.59 bits per heavy atom. The lowest BCUT2D eigenvalue weighted by Gasteiger charge is -2.18. The molecule has 0 radical (unpaired) electrons. The molecule has 0 saturated carbocycles. The zero-order chi connectivity index (χ0) is 16.1. The van der Waals surface area contributed by atoms with E-state index in [-0.39, 0.29) is 42.5 Å². The summed E-state index contributed by atoms with van der Waals surface area (Å²) in [5.74, 6) is 0.580. The fourth-order valence-corrected chi connectivity index (χ4v) is 1.49. The number of likely N-dealkylation sites (N-methyl/N-ethyl adjacent to an activating group) is 1. The summed E-state index contributed by atoms with van der Waals surface area (Å²) in [6.07, 6.45) is 0.884. The van der Waals surface area contributed by atoms with Gasteiger partial charge in [0.1, 0.15) is 6.54 Å². The third-order valence-electron chi connectivity index (χ3n) is 2.63. The first-order chi connectivity index (χ1) is 10.0. The summed E-state index contributed by atoms with van der Waals surface area (Å²) in [5.41, 5.74) is 0. The van der Waals surface area contributed by atoms with Gasteiger partial charge in [-0.05, 0) is 20.3 Å². The van der Waals surface area contributed by atoms with Crippen molar-refractivity contribution in [3.63, 3.8) is 0 Å². The Hall–Kier alpha value is -0.610. The third kappa shape index (κ3) is 13.1. The minimum Gasteiger partial charge on any atom is -0.383 e. The monoisotopic (exact) mass is 430 g/mol. The average Bonchev–Trinajstić information content (AvgIpc) is 2.43. The van der Waals surface area contributed by atoms with Gasteiger partial charge in [-0.3, -0.25) is 4.79 Å². The largest absolute Gasteiger partial charge is 0.383 e. The summed E-state index contributed by atoms with van der Waals surface area (Å²) < 4.78 is 10.4. The van der Waals surface area contributed by atoms with E-state index in [9.17, 15) is 4.79 Å². The fourth-order valence-electron chi connectivity index (χ4n) is 1.49. The van der Waals surface area contributed by atoms with Crippen LogP contribution in [0, 0.1) is 0 Å². The molecule has 1 amide bonds. The summed E-state index contributed by atoms with van der Waals surface area (Å²) in [7, 11) is 5.09. The molecule has 0 bridgehead atoms. The average molecular weight is 430 g/mol. The molecule has 22 heavy (non-hydrogen) atoms. The van der Waals surface area contributed by atoms with Crippen LogP contribution in [0.3, 0.4) is 0 Å². The Morgan fingerprint density at radius 2 is 2.05 bits per heavy atom. The molecule has 2 N–H and O–H groups in total. The number of aliphatic imine (C=N–C) groups is 1. The molecule has 8 heteroatoms. The molecule has 132 valence electrons. The number of nitrogens with one attached hydrogen (secondary N) is 2. The van der Waals surface area contributed by atoms with Gasteiger partial charge in [0.25, 0.3) is 0 Å². The van der Waals surface area contributed by atoms with Crippen molar-refractivity contribution in [3.05, 3.63) is 0 Å². The standard InChI is InChI=1S/C14H30N4O3.HI/c1-6-21-9-7-8-15-14(17-12(2)11-20-5)16-10-13(19)18(3)4;/h12H,6-11H2,1-5H3,(H2,15,16,17);1H. The van der Waals surface area contributed by atoms with Crippen molar-refractivity contribution in [2.75, 3.05) is 54.1 Å². The van der Waals surface area contributed by atoms with E-state index in [4.69, 9.17) is 9.47 Å². The smallest absolute Gasteiger partial charge is 0.243 e. The summed E-state index contributed by atoms with van der Waals surface area (Å²) in [6, 6.07) is 0.114. The molecule has 0 aromatic rings. The molecule has 0 aromatic heterocycles. The fraction of sp³-hybridized carbons (Fsp3) is 0.857. The molecule has 0 aliphatic rings. The lowest BCUT2D eigenvalue weighted by Crippen LogP contribution is -2.45. The van der Waals surface area contributed by atoms with Crippen LogP contribution < -0.4 is 10.6 Å². The molecule has 0 rings (SSSR count). The Bertz CT molecular complexity index is 314. The van der Waals surface area contributed by atoms with Crippen LogP contribution >= 0.6 is 24.0 Å². The highest BCUT2D eigenvalue weighted by molar-refractivity contribution is 14.0. The number of hydrogen-bond acceptors (Lipinski definition) is 4. The number of methoxy groups -OCH3 is 1. The summed E-state index contributed by atoms with van der Waals surface area (Å²) in [4.78, 5) is 17.4. The number of amides is 1. The molecule has 1 unspecified atom stereocenters. The van der Waals surface area contributed by atoms with Gasteiger partial charge in [-0.25, -0.2) is 4.99 Å². The van der Waals surface area contributed by atoms with Crippen LogP contribution in [0.1, 0.15) is 20.3 Å². The second-order valence-corrected chi connectivity index (χ2v) is 4.93. The zero-order valence-corrected chi connectivity index (χ0v) is 16.7. The molecule has 7 nitrogen and oxygen atoms in total. The first kappa shape index (κ1) is 23.7. The molecule has 0 aromatic carbocycles. The Morgan fingerprint density at radius 1 is 1.36 bits per heavy atom. The van der Waals surface area contributed by atoms with E-state index in [2.05, 4.69) is 15.6 Å². The lowest BCUT2D eigenvalue weighted by atomic mass is 10.3. The van der Waals surface area contributed by atoms with E-state index in [1.807, 2.05) is 13.8 Å².